The van der Waals surface area contributed by atoms with E-state index in [1.54, 1.807) is 6.07 Å². The van der Waals surface area contributed by atoms with E-state index in [-0.39, 0.29) is 16.8 Å². The normalized spacial score (nSPS) is 9.94. The molecule has 0 bridgehead atoms. The first-order chi connectivity index (χ1) is 7.56. The minimum absolute atomic E-state index is 0.0860. The summed E-state index contributed by atoms with van der Waals surface area (Å²) in [6.07, 6.45) is 2.28. The topological polar surface area (TPSA) is 104 Å². The lowest BCUT2D eigenvalue weighted by molar-refractivity contribution is -0.384. The van der Waals surface area contributed by atoms with Gasteiger partial charge in [-0.2, -0.15) is 5.26 Å². The van der Waals surface area contributed by atoms with Crippen molar-refractivity contribution in [2.24, 2.45) is 0 Å². The van der Waals surface area contributed by atoms with Gasteiger partial charge in [0, 0.05) is 18.2 Å². The van der Waals surface area contributed by atoms with Crippen LogP contribution in [0.25, 0.3) is 6.08 Å². The van der Waals surface area contributed by atoms with Crippen LogP contribution in [0.2, 0.25) is 0 Å². The predicted molar refractivity (Wildman–Crippen MR) is 54.7 cm³/mol. The van der Waals surface area contributed by atoms with Crippen molar-refractivity contribution in [2.75, 3.05) is 0 Å². The largest absolute Gasteiger partial charge is 0.478 e. The zero-order valence-corrected chi connectivity index (χ0v) is 7.95. The maximum Gasteiger partial charge on any atom is 0.336 e. The number of non-ortho nitro benzene ring substituents is 1. The van der Waals surface area contributed by atoms with Crippen LogP contribution in [-0.4, -0.2) is 16.0 Å². The van der Waals surface area contributed by atoms with Gasteiger partial charge in [0.05, 0.1) is 16.6 Å². The number of nitro benzene ring substituents is 1. The molecule has 6 nitrogen and oxygen atoms in total. The van der Waals surface area contributed by atoms with Gasteiger partial charge in [0.25, 0.3) is 5.69 Å². The van der Waals surface area contributed by atoms with Crippen molar-refractivity contribution in [3.8, 4) is 6.07 Å². The molecule has 0 aromatic heterocycles. The summed E-state index contributed by atoms with van der Waals surface area (Å²) in [4.78, 5) is 20.6. The highest BCUT2D eigenvalue weighted by Gasteiger charge is 2.13. The molecule has 1 N–H and O–H groups in total. The van der Waals surface area contributed by atoms with Gasteiger partial charge in [0.2, 0.25) is 0 Å². The SMILES string of the molecule is N#CC=Cc1cc([N+](=O)[O-])ccc1C(=O)O. The first kappa shape index (κ1) is 11.4. The monoisotopic (exact) mass is 218 g/mol. The van der Waals surface area contributed by atoms with Crippen LogP contribution >= 0.6 is 0 Å². The quantitative estimate of drug-likeness (QED) is 0.473. The molecule has 0 radical (unpaired) electrons. The fourth-order valence-corrected chi connectivity index (χ4v) is 1.12. The Morgan fingerprint density at radius 2 is 2.25 bits per heavy atom. The van der Waals surface area contributed by atoms with Crippen molar-refractivity contribution < 1.29 is 14.8 Å². The molecule has 0 atom stereocenters. The molecule has 0 amide bonds. The number of carbonyl (C=O) groups is 1. The van der Waals surface area contributed by atoms with E-state index >= 15 is 0 Å². The van der Waals surface area contributed by atoms with Crippen molar-refractivity contribution in [2.45, 2.75) is 0 Å². The summed E-state index contributed by atoms with van der Waals surface area (Å²) in [6.45, 7) is 0. The maximum absolute atomic E-state index is 10.8. The molecule has 1 rings (SSSR count). The van der Waals surface area contributed by atoms with Crippen molar-refractivity contribution in [3.63, 3.8) is 0 Å². The van der Waals surface area contributed by atoms with Gasteiger partial charge in [-0.05, 0) is 17.7 Å². The Morgan fingerprint density at radius 3 is 2.75 bits per heavy atom. The van der Waals surface area contributed by atoms with E-state index in [1.807, 2.05) is 0 Å². The molecule has 80 valence electrons. The summed E-state index contributed by atoms with van der Waals surface area (Å²) < 4.78 is 0. The minimum atomic E-state index is -1.20. The lowest BCUT2D eigenvalue weighted by atomic mass is 10.1. The molecule has 1 aromatic rings. The molecule has 0 spiro atoms. The molecular formula is C10H6N2O4. The summed E-state index contributed by atoms with van der Waals surface area (Å²) >= 11 is 0. The van der Waals surface area contributed by atoms with Crippen LogP contribution in [-0.2, 0) is 0 Å². The third-order valence-electron chi connectivity index (χ3n) is 1.81. The number of rotatable bonds is 3. The molecule has 0 heterocycles. The minimum Gasteiger partial charge on any atom is -0.478 e. The highest BCUT2D eigenvalue weighted by molar-refractivity contribution is 5.92. The number of allylic oxidation sites excluding steroid dienone is 1. The van der Waals surface area contributed by atoms with Crippen molar-refractivity contribution >= 4 is 17.7 Å². The van der Waals surface area contributed by atoms with Crippen LogP contribution in [0.1, 0.15) is 15.9 Å². The van der Waals surface area contributed by atoms with Crippen LogP contribution in [0.3, 0.4) is 0 Å². The fraction of sp³-hybridized carbons (Fsp3) is 0. The van der Waals surface area contributed by atoms with Gasteiger partial charge in [-0.25, -0.2) is 4.79 Å². The Morgan fingerprint density at radius 1 is 1.56 bits per heavy atom. The van der Waals surface area contributed by atoms with E-state index in [0.717, 1.165) is 24.3 Å². The van der Waals surface area contributed by atoms with Gasteiger partial charge in [-0.3, -0.25) is 10.1 Å². The number of nitrogens with zero attached hydrogens (tertiary/aromatic N) is 2. The first-order valence-corrected chi connectivity index (χ1v) is 4.14. The summed E-state index contributed by atoms with van der Waals surface area (Å²) in [5.74, 6) is -1.20. The molecular weight excluding hydrogens is 212 g/mol. The summed E-state index contributed by atoms with van der Waals surface area (Å²) in [5.41, 5.74) is -0.178. The van der Waals surface area contributed by atoms with E-state index in [0.29, 0.717) is 0 Å². The second-order valence-corrected chi connectivity index (χ2v) is 2.80. The van der Waals surface area contributed by atoms with E-state index in [9.17, 15) is 14.9 Å². The van der Waals surface area contributed by atoms with Gasteiger partial charge < -0.3 is 5.11 Å². The third-order valence-corrected chi connectivity index (χ3v) is 1.81. The molecule has 0 aliphatic carbocycles. The Bertz CT molecular complexity index is 514. The summed E-state index contributed by atoms with van der Waals surface area (Å²) in [5, 5.41) is 27.6. The van der Waals surface area contributed by atoms with Crippen molar-refractivity contribution in [1.82, 2.24) is 0 Å². The third kappa shape index (κ3) is 2.42. The lowest BCUT2D eigenvalue weighted by Crippen LogP contribution is -2.00. The molecule has 0 fully saturated rings. The first-order valence-electron chi connectivity index (χ1n) is 4.14. The Labute approximate surface area is 90.2 Å². The average molecular weight is 218 g/mol. The van der Waals surface area contributed by atoms with Crippen LogP contribution in [0.4, 0.5) is 5.69 Å². The van der Waals surface area contributed by atoms with E-state index in [4.69, 9.17) is 10.4 Å². The molecule has 0 unspecified atom stereocenters. The van der Waals surface area contributed by atoms with Crippen LogP contribution in [0.15, 0.2) is 24.3 Å². The molecule has 0 saturated heterocycles. The van der Waals surface area contributed by atoms with Gasteiger partial charge in [-0.1, -0.05) is 0 Å². The number of hydrogen-bond donors (Lipinski definition) is 1. The second-order valence-electron chi connectivity index (χ2n) is 2.80. The highest BCUT2D eigenvalue weighted by Crippen LogP contribution is 2.19. The zero-order valence-electron chi connectivity index (χ0n) is 7.95. The lowest BCUT2D eigenvalue weighted by Gasteiger charge is -2.00. The Kier molecular flexibility index (Phi) is 3.35. The number of benzene rings is 1. The van der Waals surface area contributed by atoms with E-state index in [2.05, 4.69) is 0 Å². The van der Waals surface area contributed by atoms with Gasteiger partial charge in [0.15, 0.2) is 0 Å². The van der Waals surface area contributed by atoms with Gasteiger partial charge >= 0.3 is 5.97 Å². The molecule has 16 heavy (non-hydrogen) atoms. The Balaban J connectivity index is 3.33. The van der Waals surface area contributed by atoms with Crippen molar-refractivity contribution in [1.29, 1.82) is 5.26 Å². The van der Waals surface area contributed by atoms with E-state index in [1.165, 1.54) is 6.08 Å². The summed E-state index contributed by atoms with van der Waals surface area (Å²) in [6, 6.07) is 5.04. The molecule has 6 heteroatoms. The van der Waals surface area contributed by atoms with Gasteiger partial charge in [-0.15, -0.1) is 0 Å². The average Bonchev–Trinajstić information content (AvgIpc) is 2.25. The van der Waals surface area contributed by atoms with Crippen LogP contribution in [0.5, 0.6) is 0 Å². The molecule has 0 aliphatic heterocycles. The van der Waals surface area contributed by atoms with Crippen LogP contribution in [0, 0.1) is 21.4 Å². The molecule has 0 saturated carbocycles. The number of nitriles is 1. The molecule has 0 aliphatic rings. The van der Waals surface area contributed by atoms with Crippen molar-refractivity contribution in [3.05, 3.63) is 45.5 Å². The maximum atomic E-state index is 10.8. The summed E-state index contributed by atoms with van der Waals surface area (Å²) in [7, 11) is 0. The zero-order chi connectivity index (χ0) is 12.1. The van der Waals surface area contributed by atoms with Crippen LogP contribution < -0.4 is 0 Å². The molecule has 1 aromatic carbocycles. The number of carboxylic acid groups (broad SMARTS) is 1. The van der Waals surface area contributed by atoms with Gasteiger partial charge in [0.1, 0.15) is 0 Å². The fourth-order valence-electron chi connectivity index (χ4n) is 1.12. The second kappa shape index (κ2) is 4.70. The standard InChI is InChI=1S/C10H6N2O4/c11-5-1-2-7-6-8(12(15)16)3-4-9(7)10(13)14/h1-4,6H,(H,13,14). The smallest absolute Gasteiger partial charge is 0.336 e. The number of aromatic carboxylic acids is 1. The number of hydrogen-bond acceptors (Lipinski definition) is 4. The van der Waals surface area contributed by atoms with E-state index < -0.39 is 10.9 Å². The highest BCUT2D eigenvalue weighted by atomic mass is 16.6. The Hall–Kier alpha value is -2.68. The number of carboxylic acids is 1. The number of nitro groups is 1. The predicted octanol–water partition coefficient (Wildman–Crippen LogP) is 1.83.